The van der Waals surface area contributed by atoms with Crippen molar-refractivity contribution in [1.29, 1.82) is 0 Å². The largest absolute Gasteiger partial charge is 0.483 e. The number of carbonyl (C=O) groups is 2. The summed E-state index contributed by atoms with van der Waals surface area (Å²) in [7, 11) is 0. The first kappa shape index (κ1) is 29.0. The van der Waals surface area contributed by atoms with E-state index >= 15 is 0 Å². The standard InChI is InChI=1S/C33H42N2O3/c1-7-25(3)34-32(37)29(21-26-16-9-8-10-17-26)35(22-27-18-12-11-15-24(27)2)31(36)23-38-30-20-14-13-19-28(30)33(4,5)6/h8-20,25,29H,7,21-23H2,1-6H3,(H,34,37)/t25-,29+/m0/s1. The molecule has 0 heterocycles. The summed E-state index contributed by atoms with van der Waals surface area (Å²) >= 11 is 0. The van der Waals surface area contributed by atoms with Crippen LogP contribution in [0.2, 0.25) is 0 Å². The average molecular weight is 515 g/mol. The Kier molecular flexibility index (Phi) is 10.1. The Bertz CT molecular complexity index is 1200. The molecule has 0 bridgehead atoms. The molecule has 0 aromatic heterocycles. The van der Waals surface area contributed by atoms with Gasteiger partial charge >= 0.3 is 0 Å². The molecule has 2 amide bonds. The molecular formula is C33H42N2O3. The van der Waals surface area contributed by atoms with Crippen LogP contribution in [-0.4, -0.2) is 35.4 Å². The highest BCUT2D eigenvalue weighted by atomic mass is 16.5. The molecule has 1 N–H and O–H groups in total. The van der Waals surface area contributed by atoms with Gasteiger partial charge in [-0.15, -0.1) is 0 Å². The Morgan fingerprint density at radius 1 is 0.921 bits per heavy atom. The Morgan fingerprint density at radius 2 is 1.55 bits per heavy atom. The second-order valence-corrected chi connectivity index (χ2v) is 11.0. The summed E-state index contributed by atoms with van der Waals surface area (Å²) in [6.45, 7) is 12.6. The smallest absolute Gasteiger partial charge is 0.261 e. The molecule has 0 saturated heterocycles. The predicted molar refractivity (Wildman–Crippen MR) is 154 cm³/mol. The van der Waals surface area contributed by atoms with Gasteiger partial charge in [-0.3, -0.25) is 9.59 Å². The normalized spacial score (nSPS) is 12.9. The molecule has 0 unspecified atom stereocenters. The van der Waals surface area contributed by atoms with Gasteiger partial charge in [0.2, 0.25) is 5.91 Å². The lowest BCUT2D eigenvalue weighted by Gasteiger charge is -2.33. The van der Waals surface area contributed by atoms with E-state index < -0.39 is 6.04 Å². The minimum Gasteiger partial charge on any atom is -0.483 e. The third kappa shape index (κ3) is 7.95. The van der Waals surface area contributed by atoms with Crippen LogP contribution in [0.15, 0.2) is 78.9 Å². The second kappa shape index (κ2) is 13.3. The van der Waals surface area contributed by atoms with Crippen molar-refractivity contribution >= 4 is 11.8 Å². The van der Waals surface area contributed by atoms with Gasteiger partial charge in [-0.05, 0) is 54.0 Å². The molecule has 38 heavy (non-hydrogen) atoms. The van der Waals surface area contributed by atoms with Crippen molar-refractivity contribution in [2.45, 2.75) is 78.4 Å². The lowest BCUT2D eigenvalue weighted by molar-refractivity contribution is -0.143. The van der Waals surface area contributed by atoms with Gasteiger partial charge in [0, 0.05) is 19.0 Å². The molecule has 0 aliphatic carbocycles. The van der Waals surface area contributed by atoms with Gasteiger partial charge < -0.3 is 15.0 Å². The number of hydrogen-bond acceptors (Lipinski definition) is 3. The van der Waals surface area contributed by atoms with E-state index in [0.29, 0.717) is 18.7 Å². The first-order valence-corrected chi connectivity index (χ1v) is 13.5. The van der Waals surface area contributed by atoms with Gasteiger partial charge in [-0.1, -0.05) is 100 Å². The Labute approximate surface area is 228 Å². The second-order valence-electron chi connectivity index (χ2n) is 11.0. The summed E-state index contributed by atoms with van der Waals surface area (Å²) < 4.78 is 6.13. The topological polar surface area (TPSA) is 58.6 Å². The Morgan fingerprint density at radius 3 is 2.21 bits per heavy atom. The van der Waals surface area contributed by atoms with Crippen molar-refractivity contribution in [1.82, 2.24) is 10.2 Å². The van der Waals surface area contributed by atoms with Crippen LogP contribution in [0.5, 0.6) is 5.75 Å². The van der Waals surface area contributed by atoms with E-state index in [1.807, 2.05) is 99.6 Å². The molecule has 202 valence electrons. The van der Waals surface area contributed by atoms with E-state index in [2.05, 4.69) is 26.1 Å². The van der Waals surface area contributed by atoms with Gasteiger partial charge in [0.05, 0.1) is 0 Å². The molecule has 5 nitrogen and oxygen atoms in total. The zero-order valence-corrected chi connectivity index (χ0v) is 23.7. The summed E-state index contributed by atoms with van der Waals surface area (Å²) in [6, 6.07) is 25.0. The summed E-state index contributed by atoms with van der Waals surface area (Å²) in [6.07, 6.45) is 1.22. The first-order valence-electron chi connectivity index (χ1n) is 13.5. The minimum atomic E-state index is -0.681. The quantitative estimate of drug-likeness (QED) is 0.330. The number of aryl methyl sites for hydroxylation is 1. The van der Waals surface area contributed by atoms with Crippen molar-refractivity contribution in [3.8, 4) is 5.75 Å². The van der Waals surface area contributed by atoms with E-state index in [4.69, 9.17) is 4.74 Å². The van der Waals surface area contributed by atoms with Gasteiger partial charge in [0.25, 0.3) is 5.91 Å². The monoisotopic (exact) mass is 514 g/mol. The zero-order chi connectivity index (χ0) is 27.7. The fourth-order valence-electron chi connectivity index (χ4n) is 4.40. The molecule has 0 radical (unpaired) electrons. The summed E-state index contributed by atoms with van der Waals surface area (Å²) in [5, 5.41) is 3.11. The van der Waals surface area contributed by atoms with Crippen molar-refractivity contribution in [3.05, 3.63) is 101 Å². The molecule has 3 aromatic carbocycles. The highest BCUT2D eigenvalue weighted by molar-refractivity contribution is 5.88. The summed E-state index contributed by atoms with van der Waals surface area (Å²) in [4.78, 5) is 29.2. The summed E-state index contributed by atoms with van der Waals surface area (Å²) in [5.41, 5.74) is 3.98. The van der Waals surface area contributed by atoms with Gasteiger partial charge in [-0.2, -0.15) is 0 Å². The van der Waals surface area contributed by atoms with E-state index in [1.54, 1.807) is 4.90 Å². The van der Waals surface area contributed by atoms with Crippen LogP contribution in [0.1, 0.15) is 63.3 Å². The average Bonchev–Trinajstić information content (AvgIpc) is 2.90. The molecule has 0 fully saturated rings. The molecule has 2 atom stereocenters. The molecule has 0 aliphatic heterocycles. The maximum absolute atomic E-state index is 13.9. The number of amides is 2. The molecule has 0 saturated carbocycles. The number of nitrogens with zero attached hydrogens (tertiary/aromatic N) is 1. The van der Waals surface area contributed by atoms with Crippen LogP contribution >= 0.6 is 0 Å². The SMILES string of the molecule is CC[C@H](C)NC(=O)[C@@H](Cc1ccccc1)N(Cc1ccccc1C)C(=O)COc1ccccc1C(C)(C)C. The lowest BCUT2D eigenvalue weighted by Crippen LogP contribution is -2.53. The van der Waals surface area contributed by atoms with Crippen molar-refractivity contribution in [2.24, 2.45) is 0 Å². The van der Waals surface area contributed by atoms with Gasteiger partial charge in [0.15, 0.2) is 6.61 Å². The van der Waals surface area contributed by atoms with Crippen LogP contribution in [0.4, 0.5) is 0 Å². The molecular weight excluding hydrogens is 472 g/mol. The van der Waals surface area contributed by atoms with Crippen LogP contribution in [0.25, 0.3) is 0 Å². The van der Waals surface area contributed by atoms with E-state index in [-0.39, 0.29) is 29.9 Å². The highest BCUT2D eigenvalue weighted by Gasteiger charge is 2.32. The van der Waals surface area contributed by atoms with Crippen molar-refractivity contribution in [3.63, 3.8) is 0 Å². The number of ether oxygens (including phenoxy) is 1. The third-order valence-corrected chi connectivity index (χ3v) is 6.92. The number of hydrogen-bond donors (Lipinski definition) is 1. The molecule has 3 aromatic rings. The van der Waals surface area contributed by atoms with E-state index in [9.17, 15) is 9.59 Å². The summed E-state index contributed by atoms with van der Waals surface area (Å²) in [5.74, 6) is 0.310. The first-order chi connectivity index (χ1) is 18.1. The Balaban J connectivity index is 1.96. The number of nitrogens with one attached hydrogen (secondary N) is 1. The fourth-order valence-corrected chi connectivity index (χ4v) is 4.40. The van der Waals surface area contributed by atoms with Crippen LogP contribution in [0, 0.1) is 6.92 Å². The van der Waals surface area contributed by atoms with E-state index in [1.165, 1.54) is 0 Å². The van der Waals surface area contributed by atoms with Crippen LogP contribution < -0.4 is 10.1 Å². The maximum atomic E-state index is 13.9. The van der Waals surface area contributed by atoms with Crippen molar-refractivity contribution < 1.29 is 14.3 Å². The van der Waals surface area contributed by atoms with Gasteiger partial charge in [0.1, 0.15) is 11.8 Å². The molecule has 5 heteroatoms. The lowest BCUT2D eigenvalue weighted by atomic mass is 9.86. The molecule has 0 spiro atoms. The maximum Gasteiger partial charge on any atom is 0.261 e. The van der Waals surface area contributed by atoms with Gasteiger partial charge in [-0.25, -0.2) is 0 Å². The van der Waals surface area contributed by atoms with Crippen LogP contribution in [0.3, 0.4) is 0 Å². The number of para-hydroxylation sites is 1. The third-order valence-electron chi connectivity index (χ3n) is 6.92. The zero-order valence-electron chi connectivity index (χ0n) is 23.7. The fraction of sp³-hybridized carbons (Fsp3) is 0.394. The minimum absolute atomic E-state index is 0.00565. The Hall–Kier alpha value is -3.60. The molecule has 0 aliphatic rings. The van der Waals surface area contributed by atoms with Crippen molar-refractivity contribution in [2.75, 3.05) is 6.61 Å². The molecule has 3 rings (SSSR count). The van der Waals surface area contributed by atoms with E-state index in [0.717, 1.165) is 28.7 Å². The highest BCUT2D eigenvalue weighted by Crippen LogP contribution is 2.31. The van der Waals surface area contributed by atoms with Crippen LogP contribution in [-0.2, 0) is 28.0 Å². The predicted octanol–water partition coefficient (Wildman–Crippen LogP) is 6.23. The number of benzene rings is 3. The number of carbonyl (C=O) groups excluding carboxylic acids is 2. The number of rotatable bonds is 11.